The van der Waals surface area contributed by atoms with Crippen molar-refractivity contribution in [1.29, 1.82) is 0 Å². The van der Waals surface area contributed by atoms with Crippen LogP contribution in [0.2, 0.25) is 5.02 Å². The highest BCUT2D eigenvalue weighted by molar-refractivity contribution is 8.00. The average Bonchev–Trinajstić information content (AvgIpc) is 2.80. The Morgan fingerprint density at radius 1 is 1.14 bits per heavy atom. The molecule has 0 saturated carbocycles. The lowest BCUT2D eigenvalue weighted by atomic mass is 10.1. The molecular weight excluding hydrogens is 446 g/mol. The Balaban J connectivity index is 2.13. The molecular formula is C18H11ClF6O3S. The van der Waals surface area contributed by atoms with Crippen LogP contribution in [-0.4, -0.2) is 17.6 Å². The maximum atomic E-state index is 14.7. The third kappa shape index (κ3) is 4.75. The van der Waals surface area contributed by atoms with Crippen molar-refractivity contribution in [1.82, 2.24) is 0 Å². The number of esters is 1. The molecule has 0 spiro atoms. The van der Waals surface area contributed by atoms with Crippen LogP contribution in [0.1, 0.15) is 30.3 Å². The molecule has 1 aliphatic carbocycles. The lowest BCUT2D eigenvalue weighted by molar-refractivity contribution is -0.150. The van der Waals surface area contributed by atoms with Crippen LogP contribution in [0.5, 0.6) is 11.5 Å². The minimum Gasteiger partial charge on any atom is -0.457 e. The number of alkyl halides is 5. The van der Waals surface area contributed by atoms with E-state index in [0.29, 0.717) is 0 Å². The Hall–Kier alpha value is -2.07. The van der Waals surface area contributed by atoms with Crippen molar-refractivity contribution in [3.8, 4) is 11.5 Å². The molecule has 3 rings (SSSR count). The Morgan fingerprint density at radius 2 is 1.83 bits per heavy atom. The van der Waals surface area contributed by atoms with Crippen LogP contribution in [0.25, 0.3) is 0 Å². The Morgan fingerprint density at radius 3 is 2.41 bits per heavy atom. The molecule has 3 atom stereocenters. The summed E-state index contributed by atoms with van der Waals surface area (Å²) in [4.78, 5) is 10.7. The van der Waals surface area contributed by atoms with Gasteiger partial charge in [-0.1, -0.05) is 11.6 Å². The monoisotopic (exact) mass is 456 g/mol. The van der Waals surface area contributed by atoms with Gasteiger partial charge < -0.3 is 9.47 Å². The number of benzene rings is 2. The number of carbonyl (C=O) groups excluding carboxylic acids is 1. The molecule has 29 heavy (non-hydrogen) atoms. The smallest absolute Gasteiger partial charge is 0.446 e. The van der Waals surface area contributed by atoms with Crippen LogP contribution < -0.4 is 4.74 Å². The number of hydrogen-bond acceptors (Lipinski definition) is 4. The van der Waals surface area contributed by atoms with Gasteiger partial charge in [-0.3, -0.25) is 4.79 Å². The predicted molar refractivity (Wildman–Crippen MR) is 93.1 cm³/mol. The summed E-state index contributed by atoms with van der Waals surface area (Å²) in [6.07, 6.45) is -6.76. The van der Waals surface area contributed by atoms with E-state index in [-0.39, 0.29) is 16.5 Å². The molecule has 0 fully saturated rings. The zero-order valence-electron chi connectivity index (χ0n) is 14.4. The molecule has 0 heterocycles. The fraction of sp³-hybridized carbons (Fsp3) is 0.278. The van der Waals surface area contributed by atoms with Gasteiger partial charge in [0, 0.05) is 34.0 Å². The van der Waals surface area contributed by atoms with E-state index in [1.807, 2.05) is 0 Å². The Kier molecular flexibility index (Phi) is 5.96. The number of fused-ring (bicyclic) bond motifs is 1. The highest BCUT2D eigenvalue weighted by Gasteiger charge is 2.48. The Bertz CT molecular complexity index is 932. The zero-order valence-corrected chi connectivity index (χ0v) is 16.0. The van der Waals surface area contributed by atoms with Crippen LogP contribution in [0.15, 0.2) is 35.2 Å². The topological polar surface area (TPSA) is 35.5 Å². The summed E-state index contributed by atoms with van der Waals surface area (Å²) in [5.41, 5.74) is -5.78. The van der Waals surface area contributed by atoms with E-state index in [2.05, 4.69) is 0 Å². The van der Waals surface area contributed by atoms with Crippen molar-refractivity contribution in [2.24, 2.45) is 0 Å². The van der Waals surface area contributed by atoms with Gasteiger partial charge in [0.1, 0.15) is 17.3 Å². The van der Waals surface area contributed by atoms with Crippen LogP contribution in [0.4, 0.5) is 26.3 Å². The number of carbonyl (C=O) groups is 1. The van der Waals surface area contributed by atoms with E-state index in [0.717, 1.165) is 31.2 Å². The summed E-state index contributed by atoms with van der Waals surface area (Å²) >= 11 is 5.12. The molecule has 0 amide bonds. The van der Waals surface area contributed by atoms with Gasteiger partial charge in [-0.25, -0.2) is 13.2 Å². The molecule has 2 aromatic rings. The largest absolute Gasteiger partial charge is 0.457 e. The normalized spacial score (nSPS) is 21.0. The zero-order chi connectivity index (χ0) is 21.5. The molecule has 0 radical (unpaired) electrons. The van der Waals surface area contributed by atoms with Gasteiger partial charge in [-0.2, -0.15) is 13.2 Å². The lowest BCUT2D eigenvalue weighted by Crippen LogP contribution is -2.17. The number of hydrogen-bond donors (Lipinski definition) is 0. The van der Waals surface area contributed by atoms with E-state index in [4.69, 9.17) is 21.1 Å². The van der Waals surface area contributed by atoms with Crippen LogP contribution in [0.3, 0.4) is 0 Å². The summed E-state index contributed by atoms with van der Waals surface area (Å²) in [5.74, 6) is -2.29. The highest BCUT2D eigenvalue weighted by atomic mass is 35.5. The van der Waals surface area contributed by atoms with E-state index in [9.17, 15) is 31.1 Å². The van der Waals surface area contributed by atoms with Crippen molar-refractivity contribution in [2.75, 3.05) is 0 Å². The maximum absolute atomic E-state index is 14.7. The van der Waals surface area contributed by atoms with Crippen LogP contribution in [0, 0.1) is 5.82 Å². The SMILES string of the molecule is CC(=O)O[C@H]1c2c(SC(F)(F)F)ccc(Oc3cc(F)cc(Cl)c3)c2[C@H](F)[C@H]1F. The molecule has 0 bridgehead atoms. The summed E-state index contributed by atoms with van der Waals surface area (Å²) in [6.45, 7) is 0.920. The van der Waals surface area contributed by atoms with E-state index >= 15 is 0 Å². The van der Waals surface area contributed by atoms with Crippen molar-refractivity contribution in [2.45, 2.75) is 35.8 Å². The van der Waals surface area contributed by atoms with Gasteiger partial charge in [0.2, 0.25) is 0 Å². The quantitative estimate of drug-likeness (QED) is 0.286. The maximum Gasteiger partial charge on any atom is 0.446 e. The third-order valence-electron chi connectivity index (χ3n) is 3.92. The lowest BCUT2D eigenvalue weighted by Gasteiger charge is -2.18. The van der Waals surface area contributed by atoms with Gasteiger partial charge in [0.05, 0.1) is 0 Å². The predicted octanol–water partition coefficient (Wildman–Crippen LogP) is 6.85. The second-order valence-electron chi connectivity index (χ2n) is 6.02. The standard InChI is InChI=1S/C18H11ClF6O3S/c1-7(26)27-17-14-12(29-18(23,24)25)3-2-11(13(14)15(21)16(17)22)28-10-5-8(19)4-9(20)6-10/h2-6,15-17H,1H3/t15-,16+,17-/m0/s1. The first-order valence-corrected chi connectivity index (χ1v) is 9.17. The van der Waals surface area contributed by atoms with Crippen molar-refractivity contribution < 1.29 is 40.6 Å². The summed E-state index contributed by atoms with van der Waals surface area (Å²) in [7, 11) is 0. The summed E-state index contributed by atoms with van der Waals surface area (Å²) < 4.78 is 91.6. The van der Waals surface area contributed by atoms with E-state index in [1.165, 1.54) is 6.07 Å². The minimum absolute atomic E-state index is 0.0427. The molecule has 0 aliphatic heterocycles. The molecule has 156 valence electrons. The van der Waals surface area contributed by atoms with Crippen molar-refractivity contribution in [3.05, 3.63) is 52.3 Å². The Labute approximate surface area is 169 Å². The number of halogens is 7. The van der Waals surface area contributed by atoms with Crippen molar-refractivity contribution in [3.63, 3.8) is 0 Å². The van der Waals surface area contributed by atoms with Gasteiger partial charge in [0.25, 0.3) is 0 Å². The van der Waals surface area contributed by atoms with Crippen molar-refractivity contribution >= 4 is 29.3 Å². The van der Waals surface area contributed by atoms with E-state index < -0.39 is 63.5 Å². The molecule has 1 aliphatic rings. The van der Waals surface area contributed by atoms with Gasteiger partial charge in [-0.15, -0.1) is 0 Å². The van der Waals surface area contributed by atoms with Crippen LogP contribution in [-0.2, 0) is 9.53 Å². The number of rotatable bonds is 4. The molecule has 2 aromatic carbocycles. The summed E-state index contributed by atoms with van der Waals surface area (Å²) in [6, 6.07) is 5.02. The van der Waals surface area contributed by atoms with Crippen LogP contribution >= 0.6 is 23.4 Å². The fourth-order valence-corrected chi connectivity index (χ4v) is 3.90. The highest BCUT2D eigenvalue weighted by Crippen LogP contribution is 2.54. The minimum atomic E-state index is -4.76. The molecule has 0 N–H and O–H groups in total. The third-order valence-corrected chi connectivity index (χ3v) is 4.94. The molecule has 0 aromatic heterocycles. The first-order valence-electron chi connectivity index (χ1n) is 7.98. The van der Waals surface area contributed by atoms with Gasteiger partial charge in [-0.05, 0) is 36.0 Å². The van der Waals surface area contributed by atoms with Gasteiger partial charge in [0.15, 0.2) is 18.4 Å². The first kappa shape index (κ1) is 21.6. The second kappa shape index (κ2) is 7.98. The molecule has 3 nitrogen and oxygen atoms in total. The second-order valence-corrected chi connectivity index (χ2v) is 7.56. The van der Waals surface area contributed by atoms with E-state index in [1.54, 1.807) is 0 Å². The number of ether oxygens (including phenoxy) is 2. The molecule has 11 heteroatoms. The molecule has 0 saturated heterocycles. The first-order chi connectivity index (χ1) is 13.5. The summed E-state index contributed by atoms with van der Waals surface area (Å²) in [5, 5.41) is -0.0427. The molecule has 0 unspecified atom stereocenters. The average molecular weight is 457 g/mol. The number of thioether (sulfide) groups is 1. The fourth-order valence-electron chi connectivity index (χ4n) is 2.97. The van der Waals surface area contributed by atoms with Gasteiger partial charge >= 0.3 is 11.5 Å².